The van der Waals surface area contributed by atoms with Gasteiger partial charge in [-0.2, -0.15) is 16.8 Å². The van der Waals surface area contributed by atoms with Gasteiger partial charge in [-0.1, -0.05) is 29.8 Å². The van der Waals surface area contributed by atoms with Crippen molar-refractivity contribution in [1.82, 2.24) is 3.71 Å². The lowest BCUT2D eigenvalue weighted by molar-refractivity contribution is 0.0526. The lowest BCUT2D eigenvalue weighted by atomic mass is 10.2. The minimum Gasteiger partial charge on any atom is -0.462 e. The maximum absolute atomic E-state index is 13.7. The van der Waals surface area contributed by atoms with Crippen LogP contribution in [0.1, 0.15) is 17.3 Å². The third-order valence-corrected chi connectivity index (χ3v) is 12.3. The normalized spacial score (nSPS) is 16.3. The monoisotopic (exact) mass is 620 g/mol. The Morgan fingerprint density at radius 1 is 1.18 bits per heavy atom. The molecule has 34 heavy (non-hydrogen) atoms. The molecule has 0 N–H and O–H groups in total. The number of carbonyl (C=O) groups excluding carboxylic acids is 1. The van der Waals surface area contributed by atoms with E-state index in [0.717, 1.165) is 29.2 Å². The van der Waals surface area contributed by atoms with Crippen LogP contribution in [0.25, 0.3) is 0 Å². The SMILES string of the molecule is CCOC(=O)c1cc2c(cc1Cl)SC(=Nc1ccccc1)N(S(=O)(=O)c1ccc(Br)s1)S2(=O)=O. The molecule has 0 bridgehead atoms. The number of nitrogens with zero attached hydrogens (tertiary/aromatic N) is 2. The Bertz CT molecular complexity index is 1520. The van der Waals surface area contributed by atoms with Crippen LogP contribution >= 0.6 is 50.6 Å². The van der Waals surface area contributed by atoms with E-state index >= 15 is 0 Å². The molecule has 1 aromatic heterocycles. The Morgan fingerprint density at radius 2 is 1.88 bits per heavy atom. The Kier molecular flexibility index (Phi) is 7.14. The molecular formula is C20H14BrClN2O6S4. The summed E-state index contributed by atoms with van der Waals surface area (Å²) in [5.74, 6) is -0.823. The van der Waals surface area contributed by atoms with Gasteiger partial charge < -0.3 is 4.74 Å². The summed E-state index contributed by atoms with van der Waals surface area (Å²) >= 11 is 11.1. The third-order valence-electron chi connectivity index (χ3n) is 4.38. The van der Waals surface area contributed by atoms with Gasteiger partial charge in [0.2, 0.25) is 0 Å². The van der Waals surface area contributed by atoms with Crippen molar-refractivity contribution in [3.05, 3.63) is 69.0 Å². The Balaban J connectivity index is 1.97. The fourth-order valence-corrected chi connectivity index (χ4v) is 10.9. The molecule has 3 aromatic rings. The number of para-hydroxylation sites is 1. The number of thioether (sulfide) groups is 1. The van der Waals surface area contributed by atoms with Gasteiger partial charge in [-0.25, -0.2) is 9.79 Å². The third kappa shape index (κ3) is 4.64. The average Bonchev–Trinajstić information content (AvgIpc) is 3.21. The van der Waals surface area contributed by atoms with Crippen molar-refractivity contribution in [1.29, 1.82) is 0 Å². The van der Waals surface area contributed by atoms with Gasteiger partial charge in [0, 0.05) is 4.90 Å². The molecule has 2 aromatic carbocycles. The number of halogens is 2. The van der Waals surface area contributed by atoms with Gasteiger partial charge in [0.05, 0.1) is 26.7 Å². The van der Waals surface area contributed by atoms with Gasteiger partial charge in [-0.15, -0.1) is 15.0 Å². The fraction of sp³-hybridized carbons (Fsp3) is 0.100. The summed E-state index contributed by atoms with van der Waals surface area (Å²) in [7, 11) is -9.30. The number of thiophene rings is 1. The second-order valence-corrected chi connectivity index (χ2v) is 14.5. The molecule has 178 valence electrons. The maximum atomic E-state index is 13.7. The molecule has 0 saturated heterocycles. The average molecular weight is 622 g/mol. The highest BCUT2D eigenvalue weighted by Crippen LogP contribution is 2.44. The quantitative estimate of drug-likeness (QED) is 0.345. The van der Waals surface area contributed by atoms with Crippen LogP contribution in [0.15, 0.2) is 77.4 Å². The van der Waals surface area contributed by atoms with Crippen LogP contribution in [0.4, 0.5) is 5.69 Å². The van der Waals surface area contributed by atoms with Crippen molar-refractivity contribution in [2.75, 3.05) is 6.61 Å². The molecule has 1 aliphatic heterocycles. The highest BCUT2D eigenvalue weighted by atomic mass is 79.9. The summed E-state index contributed by atoms with van der Waals surface area (Å²) < 4.78 is 60.1. The number of esters is 1. The van der Waals surface area contributed by atoms with Gasteiger partial charge in [-0.3, -0.25) is 0 Å². The van der Waals surface area contributed by atoms with E-state index in [1.165, 1.54) is 18.2 Å². The standard InChI is InChI=1S/C20H14BrClN2O6S4/c1-2-30-19(25)13-10-16-15(11-14(13)22)31-20(23-12-6-4-3-5-7-12)24(33(16,26)27)34(28,29)18-9-8-17(21)32-18/h3-11H,2H2,1H3. The van der Waals surface area contributed by atoms with Crippen molar-refractivity contribution in [2.24, 2.45) is 4.99 Å². The van der Waals surface area contributed by atoms with E-state index in [2.05, 4.69) is 20.9 Å². The van der Waals surface area contributed by atoms with Gasteiger partial charge in [-0.05, 0) is 71.0 Å². The molecule has 0 amide bonds. The molecule has 0 saturated carbocycles. The number of aliphatic imine (C=N–C) groups is 1. The second kappa shape index (κ2) is 9.63. The lowest BCUT2D eigenvalue weighted by Gasteiger charge is -2.29. The first-order valence-corrected chi connectivity index (χ1v) is 15.1. The first kappa shape index (κ1) is 25.2. The zero-order valence-electron chi connectivity index (χ0n) is 17.1. The van der Waals surface area contributed by atoms with Crippen molar-refractivity contribution < 1.29 is 26.4 Å². The number of hydrogen-bond acceptors (Lipinski definition) is 9. The summed E-state index contributed by atoms with van der Waals surface area (Å²) in [5, 5.41) is -0.333. The van der Waals surface area contributed by atoms with Crippen molar-refractivity contribution in [3.8, 4) is 0 Å². The molecule has 4 rings (SSSR count). The first-order valence-electron chi connectivity index (χ1n) is 9.44. The lowest BCUT2D eigenvalue weighted by Crippen LogP contribution is -2.42. The fourth-order valence-electron chi connectivity index (χ4n) is 2.94. The van der Waals surface area contributed by atoms with Crippen LogP contribution in [-0.2, 0) is 24.8 Å². The largest absolute Gasteiger partial charge is 0.462 e. The van der Waals surface area contributed by atoms with E-state index in [-0.39, 0.29) is 31.5 Å². The van der Waals surface area contributed by atoms with Gasteiger partial charge >= 0.3 is 5.97 Å². The Morgan fingerprint density at radius 3 is 2.50 bits per heavy atom. The van der Waals surface area contributed by atoms with Crippen LogP contribution in [-0.4, -0.2) is 38.3 Å². The second-order valence-electron chi connectivity index (χ2n) is 6.60. The van der Waals surface area contributed by atoms with E-state index < -0.39 is 30.9 Å². The van der Waals surface area contributed by atoms with Gasteiger partial charge in [0.1, 0.15) is 9.10 Å². The molecule has 0 aliphatic carbocycles. The van der Waals surface area contributed by atoms with E-state index in [4.69, 9.17) is 16.3 Å². The molecule has 0 radical (unpaired) electrons. The van der Waals surface area contributed by atoms with Crippen LogP contribution in [0.5, 0.6) is 0 Å². The minimum atomic E-state index is -4.72. The van der Waals surface area contributed by atoms with Crippen molar-refractivity contribution in [2.45, 2.75) is 20.9 Å². The van der Waals surface area contributed by atoms with E-state index in [1.807, 2.05) is 0 Å². The smallest absolute Gasteiger partial charge is 0.339 e. The zero-order chi connectivity index (χ0) is 24.7. The molecule has 2 heterocycles. The molecule has 0 spiro atoms. The predicted octanol–water partition coefficient (Wildman–Crippen LogP) is 5.51. The van der Waals surface area contributed by atoms with Gasteiger partial charge in [0.25, 0.3) is 20.0 Å². The predicted molar refractivity (Wildman–Crippen MR) is 135 cm³/mol. The van der Waals surface area contributed by atoms with Gasteiger partial charge in [0.15, 0.2) is 5.17 Å². The molecule has 0 fully saturated rings. The summed E-state index contributed by atoms with van der Waals surface area (Å²) in [6, 6.07) is 13.5. The van der Waals surface area contributed by atoms with E-state index in [0.29, 0.717) is 13.2 Å². The Hall–Kier alpha value is -1.90. The number of amidine groups is 1. The maximum Gasteiger partial charge on any atom is 0.339 e. The van der Waals surface area contributed by atoms with E-state index in [9.17, 15) is 21.6 Å². The minimum absolute atomic E-state index is 0.0301. The van der Waals surface area contributed by atoms with Crippen LogP contribution in [0.3, 0.4) is 0 Å². The summed E-state index contributed by atoms with van der Waals surface area (Å²) in [6.07, 6.45) is 0. The molecule has 8 nitrogen and oxygen atoms in total. The Labute approximate surface area is 217 Å². The molecular weight excluding hydrogens is 608 g/mol. The molecule has 14 heteroatoms. The molecule has 1 aliphatic rings. The number of hydrogen-bond donors (Lipinski definition) is 0. The van der Waals surface area contributed by atoms with E-state index in [1.54, 1.807) is 37.3 Å². The van der Waals surface area contributed by atoms with Crippen LogP contribution < -0.4 is 0 Å². The van der Waals surface area contributed by atoms with Crippen molar-refractivity contribution >= 4 is 87.5 Å². The molecule has 0 unspecified atom stereocenters. The summed E-state index contributed by atoms with van der Waals surface area (Å²) in [4.78, 5) is 16.4. The number of carbonyl (C=O) groups is 1. The van der Waals surface area contributed by atoms with Crippen LogP contribution in [0.2, 0.25) is 5.02 Å². The number of ether oxygens (including phenoxy) is 1. The zero-order valence-corrected chi connectivity index (χ0v) is 22.7. The number of fused-ring (bicyclic) bond motifs is 1. The topological polar surface area (TPSA) is 110 Å². The summed E-state index contributed by atoms with van der Waals surface area (Å²) in [5.41, 5.74) is 0.163. The first-order chi connectivity index (χ1) is 16.1. The van der Waals surface area contributed by atoms with Crippen molar-refractivity contribution in [3.63, 3.8) is 0 Å². The number of sulfonamides is 2. The highest BCUT2D eigenvalue weighted by molar-refractivity contribution is 9.11. The number of benzene rings is 2. The number of rotatable bonds is 5. The highest BCUT2D eigenvalue weighted by Gasteiger charge is 2.46. The molecule has 0 atom stereocenters. The van der Waals surface area contributed by atoms with Crippen LogP contribution in [0, 0.1) is 0 Å². The summed E-state index contributed by atoms with van der Waals surface area (Å²) in [6.45, 7) is 1.64.